The van der Waals surface area contributed by atoms with Gasteiger partial charge in [0.25, 0.3) is 5.91 Å². The third kappa shape index (κ3) is 3.80. The number of hydrogen-bond donors (Lipinski definition) is 3. The lowest BCUT2D eigenvalue weighted by molar-refractivity contribution is -0.907. The largest absolute Gasteiger partial charge is 0.507 e. The van der Waals surface area contributed by atoms with Crippen LogP contribution in [0.5, 0.6) is 5.75 Å². The molecule has 1 amide bonds. The summed E-state index contributed by atoms with van der Waals surface area (Å²) in [4.78, 5) is 12.9. The van der Waals surface area contributed by atoms with Crippen molar-refractivity contribution in [2.45, 2.75) is 13.1 Å². The highest BCUT2D eigenvalue weighted by atomic mass is 16.3. The second kappa shape index (κ2) is 7.36. The summed E-state index contributed by atoms with van der Waals surface area (Å²) < 4.78 is 0. The predicted molar refractivity (Wildman–Crippen MR) is 99.7 cm³/mol. The first kappa shape index (κ1) is 17.0. The summed E-state index contributed by atoms with van der Waals surface area (Å²) in [6.07, 6.45) is 0. The number of phenols is 1. The van der Waals surface area contributed by atoms with Crippen molar-refractivity contribution in [2.75, 3.05) is 14.1 Å². The fourth-order valence-electron chi connectivity index (χ4n) is 3.14. The molecule has 4 heteroatoms. The van der Waals surface area contributed by atoms with Gasteiger partial charge in [-0.25, -0.2) is 0 Å². The van der Waals surface area contributed by atoms with E-state index in [4.69, 9.17) is 0 Å². The van der Waals surface area contributed by atoms with Gasteiger partial charge in [-0.2, -0.15) is 0 Å². The van der Waals surface area contributed by atoms with Gasteiger partial charge in [-0.15, -0.1) is 0 Å². The first-order valence-electron chi connectivity index (χ1n) is 8.40. The Morgan fingerprint density at radius 2 is 1.72 bits per heavy atom. The van der Waals surface area contributed by atoms with Crippen LogP contribution in [0.15, 0.2) is 60.7 Å². The molecule has 128 valence electrons. The number of amides is 1. The SMILES string of the molecule is CNC(=O)c1ccc(C[NH+](C)Cc2c(O)ccc3ccccc23)cc1. The lowest BCUT2D eigenvalue weighted by atomic mass is 10.0. The molecule has 0 saturated heterocycles. The van der Waals surface area contributed by atoms with Crippen molar-refractivity contribution >= 4 is 16.7 Å². The number of carbonyl (C=O) groups is 1. The molecule has 0 aliphatic carbocycles. The van der Waals surface area contributed by atoms with Crippen molar-refractivity contribution in [3.05, 3.63) is 77.4 Å². The van der Waals surface area contributed by atoms with E-state index in [9.17, 15) is 9.90 Å². The van der Waals surface area contributed by atoms with Crippen molar-refractivity contribution in [3.63, 3.8) is 0 Å². The fourth-order valence-corrected chi connectivity index (χ4v) is 3.14. The summed E-state index contributed by atoms with van der Waals surface area (Å²) in [6.45, 7) is 1.54. The Bertz CT molecular complexity index is 888. The zero-order valence-corrected chi connectivity index (χ0v) is 14.5. The molecule has 0 saturated carbocycles. The van der Waals surface area contributed by atoms with Gasteiger partial charge in [0.2, 0.25) is 0 Å². The Balaban J connectivity index is 1.76. The number of carbonyl (C=O) groups excluding carboxylic acids is 1. The smallest absolute Gasteiger partial charge is 0.251 e. The van der Waals surface area contributed by atoms with E-state index in [1.807, 2.05) is 42.5 Å². The predicted octanol–water partition coefficient (Wildman–Crippen LogP) is 2.12. The third-order valence-electron chi connectivity index (χ3n) is 4.44. The van der Waals surface area contributed by atoms with E-state index < -0.39 is 0 Å². The van der Waals surface area contributed by atoms with E-state index in [-0.39, 0.29) is 5.91 Å². The van der Waals surface area contributed by atoms with E-state index >= 15 is 0 Å². The number of benzene rings is 3. The molecular formula is C21H23N2O2+. The lowest BCUT2D eigenvalue weighted by Crippen LogP contribution is -3.06. The lowest BCUT2D eigenvalue weighted by Gasteiger charge is -2.17. The first-order chi connectivity index (χ1) is 12.1. The van der Waals surface area contributed by atoms with E-state index in [0.29, 0.717) is 11.3 Å². The first-order valence-corrected chi connectivity index (χ1v) is 8.40. The summed E-state index contributed by atoms with van der Waals surface area (Å²) in [5.41, 5.74) is 2.79. The zero-order valence-electron chi connectivity index (χ0n) is 14.5. The quantitative estimate of drug-likeness (QED) is 0.669. The van der Waals surface area contributed by atoms with Gasteiger partial charge < -0.3 is 15.3 Å². The van der Waals surface area contributed by atoms with Crippen LogP contribution in [-0.4, -0.2) is 25.1 Å². The van der Waals surface area contributed by atoms with E-state index in [2.05, 4.69) is 24.5 Å². The van der Waals surface area contributed by atoms with Gasteiger partial charge in [-0.05, 0) is 29.0 Å². The van der Waals surface area contributed by atoms with Crippen molar-refractivity contribution < 1.29 is 14.8 Å². The second-order valence-corrected chi connectivity index (χ2v) is 6.37. The van der Waals surface area contributed by atoms with Crippen LogP contribution in [0.3, 0.4) is 0 Å². The second-order valence-electron chi connectivity index (χ2n) is 6.37. The number of hydrogen-bond acceptors (Lipinski definition) is 2. The van der Waals surface area contributed by atoms with Gasteiger partial charge in [-0.3, -0.25) is 4.79 Å². The highest BCUT2D eigenvalue weighted by molar-refractivity contribution is 5.93. The van der Waals surface area contributed by atoms with Crippen LogP contribution in [0.1, 0.15) is 21.5 Å². The van der Waals surface area contributed by atoms with E-state index in [0.717, 1.165) is 35.0 Å². The Kier molecular flexibility index (Phi) is 5.00. The average Bonchev–Trinajstić information content (AvgIpc) is 2.64. The van der Waals surface area contributed by atoms with Crippen LogP contribution in [-0.2, 0) is 13.1 Å². The minimum absolute atomic E-state index is 0.0760. The molecule has 0 aliphatic heterocycles. The molecule has 1 atom stereocenters. The molecule has 25 heavy (non-hydrogen) atoms. The average molecular weight is 335 g/mol. The van der Waals surface area contributed by atoms with Gasteiger partial charge in [0.15, 0.2) is 0 Å². The Morgan fingerprint density at radius 3 is 2.44 bits per heavy atom. The van der Waals surface area contributed by atoms with E-state index in [1.165, 1.54) is 4.90 Å². The molecule has 0 heterocycles. The monoisotopic (exact) mass is 335 g/mol. The van der Waals surface area contributed by atoms with Crippen LogP contribution in [0.25, 0.3) is 10.8 Å². The summed E-state index contributed by atoms with van der Waals surface area (Å²) in [6, 6.07) is 19.5. The standard InChI is InChI=1S/C21H22N2O2/c1-22-21(25)17-9-7-15(8-10-17)13-23(2)14-19-18-6-4-3-5-16(18)11-12-20(19)24/h3-12,24H,13-14H2,1-2H3,(H,22,25)/p+1. The van der Waals surface area contributed by atoms with E-state index in [1.54, 1.807) is 13.1 Å². The molecule has 0 radical (unpaired) electrons. The molecule has 0 aliphatic rings. The maximum atomic E-state index is 11.6. The number of nitrogens with one attached hydrogen (secondary N) is 2. The Morgan fingerprint density at radius 1 is 1.00 bits per heavy atom. The van der Waals surface area contributed by atoms with Crippen LogP contribution in [0, 0.1) is 0 Å². The molecule has 3 aromatic rings. The molecule has 3 rings (SSSR count). The summed E-state index contributed by atoms with van der Waals surface area (Å²) in [5.74, 6) is 0.265. The molecular weight excluding hydrogens is 312 g/mol. The fraction of sp³-hybridized carbons (Fsp3) is 0.190. The summed E-state index contributed by atoms with van der Waals surface area (Å²) in [5, 5.41) is 15.1. The van der Waals surface area contributed by atoms with Crippen molar-refractivity contribution in [1.29, 1.82) is 0 Å². The van der Waals surface area contributed by atoms with Gasteiger partial charge in [-0.1, -0.05) is 42.5 Å². The number of fused-ring (bicyclic) bond motifs is 1. The summed E-state index contributed by atoms with van der Waals surface area (Å²) >= 11 is 0. The van der Waals surface area contributed by atoms with Crippen LogP contribution >= 0.6 is 0 Å². The van der Waals surface area contributed by atoms with Crippen LogP contribution < -0.4 is 10.2 Å². The van der Waals surface area contributed by atoms with Gasteiger partial charge in [0.05, 0.1) is 12.6 Å². The van der Waals surface area contributed by atoms with Gasteiger partial charge in [0.1, 0.15) is 18.8 Å². The number of quaternary nitrogens is 1. The van der Waals surface area contributed by atoms with Crippen molar-refractivity contribution in [3.8, 4) is 5.75 Å². The van der Waals surface area contributed by atoms with Crippen molar-refractivity contribution in [2.24, 2.45) is 0 Å². The minimum Gasteiger partial charge on any atom is -0.507 e. The molecule has 0 bridgehead atoms. The highest BCUT2D eigenvalue weighted by Gasteiger charge is 2.13. The maximum absolute atomic E-state index is 11.6. The van der Waals surface area contributed by atoms with Gasteiger partial charge >= 0.3 is 0 Å². The minimum atomic E-state index is -0.0760. The van der Waals surface area contributed by atoms with Crippen LogP contribution in [0.4, 0.5) is 0 Å². The van der Waals surface area contributed by atoms with Crippen LogP contribution in [0.2, 0.25) is 0 Å². The topological polar surface area (TPSA) is 53.8 Å². The summed E-state index contributed by atoms with van der Waals surface area (Å²) in [7, 11) is 3.73. The highest BCUT2D eigenvalue weighted by Crippen LogP contribution is 2.26. The number of rotatable bonds is 5. The van der Waals surface area contributed by atoms with Gasteiger partial charge in [0, 0.05) is 18.2 Å². The molecule has 3 aromatic carbocycles. The molecule has 3 N–H and O–H groups in total. The van der Waals surface area contributed by atoms with Crippen molar-refractivity contribution in [1.82, 2.24) is 5.32 Å². The maximum Gasteiger partial charge on any atom is 0.251 e. The number of phenolic OH excluding ortho intramolecular Hbond substituents is 1. The number of aromatic hydroxyl groups is 1. The molecule has 1 unspecified atom stereocenters. The molecule has 0 fully saturated rings. The normalized spacial score (nSPS) is 12.1. The molecule has 0 aromatic heterocycles. The Labute approximate surface area is 147 Å². The third-order valence-corrected chi connectivity index (χ3v) is 4.44. The molecule has 0 spiro atoms. The zero-order chi connectivity index (χ0) is 17.8. The Hall–Kier alpha value is -2.85. The molecule has 4 nitrogen and oxygen atoms in total.